The van der Waals surface area contributed by atoms with E-state index in [0.29, 0.717) is 12.0 Å². The van der Waals surface area contributed by atoms with E-state index in [1.54, 1.807) is 42.1 Å². The minimum absolute atomic E-state index is 0.273. The largest absolute Gasteiger partial charge is 0.340 e. The molecule has 0 aromatic heterocycles. The number of rotatable bonds is 9. The summed E-state index contributed by atoms with van der Waals surface area (Å²) < 4.78 is 0. The number of hydrogen-bond donors (Lipinski definition) is 2. The van der Waals surface area contributed by atoms with Gasteiger partial charge in [0.1, 0.15) is 6.04 Å². The third-order valence-corrected chi connectivity index (χ3v) is 4.34. The van der Waals surface area contributed by atoms with Gasteiger partial charge in [-0.2, -0.15) is 16.9 Å². The van der Waals surface area contributed by atoms with Crippen LogP contribution in [0.25, 0.3) is 6.08 Å². The second-order valence-electron chi connectivity index (χ2n) is 5.70. The van der Waals surface area contributed by atoms with Crippen LogP contribution >= 0.6 is 11.8 Å². The molecular weight excluding hydrogens is 358 g/mol. The summed E-state index contributed by atoms with van der Waals surface area (Å²) in [4.78, 5) is 24.7. The quantitative estimate of drug-likeness (QED) is 0.517. The van der Waals surface area contributed by atoms with Crippen LogP contribution in [0.1, 0.15) is 22.3 Å². The first kappa shape index (κ1) is 20.5. The molecule has 0 radical (unpaired) electrons. The van der Waals surface area contributed by atoms with Gasteiger partial charge in [-0.15, -0.1) is 0 Å². The van der Waals surface area contributed by atoms with E-state index >= 15 is 0 Å². The van der Waals surface area contributed by atoms with Crippen LogP contribution in [0.2, 0.25) is 0 Å². The van der Waals surface area contributed by atoms with Gasteiger partial charge in [0.2, 0.25) is 0 Å². The van der Waals surface area contributed by atoms with Crippen molar-refractivity contribution in [3.8, 4) is 0 Å². The van der Waals surface area contributed by atoms with Gasteiger partial charge in [-0.3, -0.25) is 9.59 Å². The topological polar surface area (TPSA) is 70.6 Å². The first-order valence-corrected chi connectivity index (χ1v) is 9.99. The van der Waals surface area contributed by atoms with Crippen LogP contribution in [0.5, 0.6) is 0 Å². The second-order valence-corrected chi connectivity index (χ2v) is 6.68. The molecule has 1 atom stereocenters. The number of nitrogens with one attached hydrogen (secondary N) is 2. The van der Waals surface area contributed by atoms with Crippen molar-refractivity contribution >= 4 is 35.9 Å². The molecule has 0 aliphatic rings. The summed E-state index contributed by atoms with van der Waals surface area (Å²) in [6.45, 7) is 0. The highest BCUT2D eigenvalue weighted by molar-refractivity contribution is 7.98. The molecule has 0 heterocycles. The Labute approximate surface area is 163 Å². The molecule has 0 aliphatic heterocycles. The van der Waals surface area contributed by atoms with Gasteiger partial charge in [0, 0.05) is 11.8 Å². The summed E-state index contributed by atoms with van der Waals surface area (Å²) in [5.41, 5.74) is 4.06. The molecule has 5 nitrogen and oxygen atoms in total. The van der Waals surface area contributed by atoms with Crippen LogP contribution in [0.4, 0.5) is 0 Å². The van der Waals surface area contributed by atoms with Crippen molar-refractivity contribution in [3.05, 3.63) is 77.9 Å². The highest BCUT2D eigenvalue weighted by Crippen LogP contribution is 2.04. The molecule has 0 saturated heterocycles. The lowest BCUT2D eigenvalue weighted by atomic mass is 10.1. The van der Waals surface area contributed by atoms with E-state index in [9.17, 15) is 9.59 Å². The van der Waals surface area contributed by atoms with Crippen molar-refractivity contribution in [1.29, 1.82) is 0 Å². The van der Waals surface area contributed by atoms with E-state index in [1.807, 2.05) is 48.7 Å². The fourth-order valence-electron chi connectivity index (χ4n) is 2.28. The fourth-order valence-corrected chi connectivity index (χ4v) is 2.75. The average molecular weight is 382 g/mol. The van der Waals surface area contributed by atoms with Crippen LogP contribution in [0.3, 0.4) is 0 Å². The Morgan fingerprint density at radius 3 is 2.41 bits per heavy atom. The van der Waals surface area contributed by atoms with Crippen LogP contribution in [-0.2, 0) is 4.79 Å². The molecule has 0 unspecified atom stereocenters. The van der Waals surface area contributed by atoms with Gasteiger partial charge in [0.15, 0.2) is 0 Å². The predicted molar refractivity (Wildman–Crippen MR) is 113 cm³/mol. The van der Waals surface area contributed by atoms with Crippen molar-refractivity contribution in [2.45, 2.75) is 12.5 Å². The van der Waals surface area contributed by atoms with Crippen molar-refractivity contribution in [2.75, 3.05) is 12.0 Å². The van der Waals surface area contributed by atoms with Crippen LogP contribution < -0.4 is 10.7 Å². The molecule has 2 aromatic rings. The highest BCUT2D eigenvalue weighted by atomic mass is 32.2. The third kappa shape index (κ3) is 7.50. The van der Waals surface area contributed by atoms with E-state index in [4.69, 9.17) is 0 Å². The maximum atomic E-state index is 12.4. The van der Waals surface area contributed by atoms with Crippen molar-refractivity contribution in [3.63, 3.8) is 0 Å². The predicted octanol–water partition coefficient (Wildman–Crippen LogP) is 3.35. The molecule has 2 aromatic carbocycles. The molecule has 2 rings (SSSR count). The van der Waals surface area contributed by atoms with Gasteiger partial charge in [-0.1, -0.05) is 54.6 Å². The summed E-state index contributed by atoms with van der Waals surface area (Å²) in [5.74, 6) is 0.146. The maximum Gasteiger partial charge on any atom is 0.262 e. The number of carbonyl (C=O) groups excluding carboxylic acids is 2. The van der Waals surface area contributed by atoms with E-state index in [0.717, 1.165) is 11.3 Å². The molecule has 27 heavy (non-hydrogen) atoms. The summed E-state index contributed by atoms with van der Waals surface area (Å²) in [6, 6.07) is 18.0. The monoisotopic (exact) mass is 381 g/mol. The summed E-state index contributed by atoms with van der Waals surface area (Å²) in [5, 5.41) is 6.70. The highest BCUT2D eigenvalue weighted by Gasteiger charge is 2.20. The van der Waals surface area contributed by atoms with E-state index in [1.165, 1.54) is 6.21 Å². The van der Waals surface area contributed by atoms with E-state index in [2.05, 4.69) is 15.8 Å². The molecule has 0 spiro atoms. The molecule has 0 bridgehead atoms. The van der Waals surface area contributed by atoms with Crippen LogP contribution in [0, 0.1) is 0 Å². The maximum absolute atomic E-state index is 12.4. The SMILES string of the molecule is CSCC[C@@H](NC(=O)c1ccccc1)C(=O)NN=C/C=C\c1ccccc1. The summed E-state index contributed by atoms with van der Waals surface area (Å²) >= 11 is 1.62. The van der Waals surface area contributed by atoms with Crippen LogP contribution in [0.15, 0.2) is 71.8 Å². The number of hydrogen-bond acceptors (Lipinski definition) is 4. The second kappa shape index (κ2) is 11.7. The number of benzene rings is 2. The number of thioether (sulfide) groups is 1. The molecule has 0 saturated carbocycles. The van der Waals surface area contributed by atoms with Gasteiger partial charge in [0.25, 0.3) is 11.8 Å². The molecule has 140 valence electrons. The van der Waals surface area contributed by atoms with Gasteiger partial charge < -0.3 is 5.32 Å². The normalized spacial score (nSPS) is 12.2. The zero-order valence-electron chi connectivity index (χ0n) is 15.2. The van der Waals surface area contributed by atoms with Crippen molar-refractivity contribution in [1.82, 2.24) is 10.7 Å². The van der Waals surface area contributed by atoms with Crippen LogP contribution in [-0.4, -0.2) is 36.1 Å². The number of allylic oxidation sites excluding steroid dienone is 1. The molecule has 6 heteroatoms. The summed E-state index contributed by atoms with van der Waals surface area (Å²) in [6.07, 6.45) is 7.63. The smallest absolute Gasteiger partial charge is 0.262 e. The van der Waals surface area contributed by atoms with E-state index < -0.39 is 6.04 Å². The Morgan fingerprint density at radius 2 is 1.74 bits per heavy atom. The Bertz CT molecular complexity index is 777. The number of nitrogens with zero attached hydrogens (tertiary/aromatic N) is 1. The Morgan fingerprint density at radius 1 is 1.07 bits per heavy atom. The Balaban J connectivity index is 1.90. The molecule has 2 N–H and O–H groups in total. The molecule has 0 aliphatic carbocycles. The lowest BCUT2D eigenvalue weighted by molar-refractivity contribution is -0.123. The molecule has 2 amide bonds. The molecule has 0 fully saturated rings. The molecular formula is C21H23N3O2S. The standard InChI is InChI=1S/C21H23N3O2S/c1-27-16-14-19(23-20(25)18-12-6-3-7-13-18)21(26)24-22-15-8-11-17-9-4-2-5-10-17/h2-13,15,19H,14,16H2,1H3,(H,23,25)(H,24,26)/b11-8-,22-15?/t19-/m1/s1. The Hall–Kier alpha value is -2.86. The third-order valence-electron chi connectivity index (χ3n) is 3.69. The minimum atomic E-state index is -0.639. The lowest BCUT2D eigenvalue weighted by Gasteiger charge is -2.16. The van der Waals surface area contributed by atoms with Gasteiger partial charge >= 0.3 is 0 Å². The number of carbonyl (C=O) groups is 2. The van der Waals surface area contributed by atoms with Gasteiger partial charge in [0.05, 0.1) is 0 Å². The number of hydrazone groups is 1. The first-order valence-electron chi connectivity index (χ1n) is 8.60. The van der Waals surface area contributed by atoms with Gasteiger partial charge in [-0.05, 0) is 42.2 Å². The first-order chi connectivity index (χ1) is 13.2. The van der Waals surface area contributed by atoms with Crippen molar-refractivity contribution in [2.24, 2.45) is 5.10 Å². The minimum Gasteiger partial charge on any atom is -0.340 e. The Kier molecular flexibility index (Phi) is 8.86. The number of amides is 2. The van der Waals surface area contributed by atoms with Gasteiger partial charge in [-0.25, -0.2) is 5.43 Å². The average Bonchev–Trinajstić information content (AvgIpc) is 2.72. The summed E-state index contributed by atoms with van der Waals surface area (Å²) in [7, 11) is 0. The zero-order valence-corrected chi connectivity index (χ0v) is 16.0. The zero-order chi connectivity index (χ0) is 19.3. The fraction of sp³-hybridized carbons (Fsp3) is 0.190. The van der Waals surface area contributed by atoms with Crippen molar-refractivity contribution < 1.29 is 9.59 Å². The van der Waals surface area contributed by atoms with E-state index in [-0.39, 0.29) is 11.8 Å². The lowest BCUT2D eigenvalue weighted by Crippen LogP contribution is -2.45.